The van der Waals surface area contributed by atoms with Crippen LogP contribution in [0, 0.1) is 11.6 Å². The zero-order chi connectivity index (χ0) is 15.9. The number of benzene rings is 2. The Morgan fingerprint density at radius 1 is 1.14 bits per heavy atom. The summed E-state index contributed by atoms with van der Waals surface area (Å²) >= 11 is 0. The summed E-state index contributed by atoms with van der Waals surface area (Å²) in [5, 5.41) is 2.49. The van der Waals surface area contributed by atoms with Crippen LogP contribution in [0.25, 0.3) is 0 Å². The number of rotatable bonds is 6. The van der Waals surface area contributed by atoms with Crippen LogP contribution in [0.1, 0.15) is 18.9 Å². The number of carbonyl (C=O) groups is 1. The maximum atomic E-state index is 13.1. The minimum atomic E-state index is -0.725. The standard InChI is InChI=1S/C17H17F2NO2/c1-2-22-16-6-4-3-5-12(16)7-8-17(21)20-15-10-13(18)9-14(19)11-15/h3-6,9-11H,2,7-8H2,1H3,(H,20,21). The van der Waals surface area contributed by atoms with Crippen LogP contribution in [-0.4, -0.2) is 12.5 Å². The predicted molar refractivity (Wildman–Crippen MR) is 80.9 cm³/mol. The van der Waals surface area contributed by atoms with Gasteiger partial charge in [0, 0.05) is 18.2 Å². The Labute approximate surface area is 127 Å². The van der Waals surface area contributed by atoms with Gasteiger partial charge in [-0.1, -0.05) is 18.2 Å². The molecule has 0 bridgehead atoms. The second-order valence-electron chi connectivity index (χ2n) is 4.75. The molecule has 0 atom stereocenters. The van der Waals surface area contributed by atoms with Crippen molar-refractivity contribution in [3.63, 3.8) is 0 Å². The molecule has 0 saturated heterocycles. The number of para-hydroxylation sites is 1. The topological polar surface area (TPSA) is 38.3 Å². The Hall–Kier alpha value is -2.43. The molecule has 0 aliphatic rings. The van der Waals surface area contributed by atoms with Gasteiger partial charge in [0.2, 0.25) is 5.91 Å². The predicted octanol–water partition coefficient (Wildman–Crippen LogP) is 3.93. The molecule has 2 aromatic carbocycles. The number of anilines is 1. The summed E-state index contributed by atoms with van der Waals surface area (Å²) in [6, 6.07) is 10.4. The molecule has 1 amide bonds. The van der Waals surface area contributed by atoms with Gasteiger partial charge < -0.3 is 10.1 Å². The van der Waals surface area contributed by atoms with Crippen molar-refractivity contribution in [1.29, 1.82) is 0 Å². The Morgan fingerprint density at radius 2 is 1.82 bits per heavy atom. The van der Waals surface area contributed by atoms with Gasteiger partial charge in [-0.15, -0.1) is 0 Å². The van der Waals surface area contributed by atoms with E-state index in [0.717, 1.165) is 29.5 Å². The highest BCUT2D eigenvalue weighted by atomic mass is 19.1. The van der Waals surface area contributed by atoms with Gasteiger partial charge in [0.15, 0.2) is 0 Å². The Bertz CT molecular complexity index is 639. The largest absolute Gasteiger partial charge is 0.494 e. The Balaban J connectivity index is 1.95. The summed E-state index contributed by atoms with van der Waals surface area (Å²) in [6.45, 7) is 2.44. The summed E-state index contributed by atoms with van der Waals surface area (Å²) in [4.78, 5) is 11.9. The monoisotopic (exact) mass is 305 g/mol. The molecule has 5 heteroatoms. The molecule has 116 valence electrons. The third kappa shape index (κ3) is 4.55. The maximum absolute atomic E-state index is 13.1. The molecular weight excluding hydrogens is 288 g/mol. The number of aryl methyl sites for hydroxylation is 1. The van der Waals surface area contributed by atoms with Gasteiger partial charge in [-0.05, 0) is 37.1 Å². The van der Waals surface area contributed by atoms with Gasteiger partial charge in [0.1, 0.15) is 17.4 Å². The van der Waals surface area contributed by atoms with E-state index in [1.165, 1.54) is 0 Å². The van der Waals surface area contributed by atoms with Crippen molar-refractivity contribution in [2.45, 2.75) is 19.8 Å². The van der Waals surface area contributed by atoms with Crippen molar-refractivity contribution in [2.24, 2.45) is 0 Å². The molecule has 22 heavy (non-hydrogen) atoms. The van der Waals surface area contributed by atoms with Crippen LogP contribution in [0.5, 0.6) is 5.75 Å². The van der Waals surface area contributed by atoms with Gasteiger partial charge in [0.25, 0.3) is 0 Å². The number of amides is 1. The fraction of sp³-hybridized carbons (Fsp3) is 0.235. The first-order valence-corrected chi connectivity index (χ1v) is 7.05. The fourth-order valence-electron chi connectivity index (χ4n) is 2.10. The first-order chi connectivity index (χ1) is 10.6. The van der Waals surface area contributed by atoms with Crippen molar-refractivity contribution in [2.75, 3.05) is 11.9 Å². The normalized spacial score (nSPS) is 10.3. The number of hydrogen-bond acceptors (Lipinski definition) is 2. The van der Waals surface area contributed by atoms with Crippen LogP contribution >= 0.6 is 0 Å². The molecule has 0 unspecified atom stereocenters. The minimum Gasteiger partial charge on any atom is -0.494 e. The zero-order valence-corrected chi connectivity index (χ0v) is 12.2. The van der Waals surface area contributed by atoms with Gasteiger partial charge in [-0.2, -0.15) is 0 Å². The molecule has 0 fully saturated rings. The summed E-state index contributed by atoms with van der Waals surface area (Å²) in [7, 11) is 0. The minimum absolute atomic E-state index is 0.112. The zero-order valence-electron chi connectivity index (χ0n) is 12.2. The van der Waals surface area contributed by atoms with Crippen molar-refractivity contribution >= 4 is 11.6 Å². The highest BCUT2D eigenvalue weighted by molar-refractivity contribution is 5.90. The quantitative estimate of drug-likeness (QED) is 0.878. The second kappa shape index (κ2) is 7.54. The molecule has 0 radical (unpaired) electrons. The van der Waals surface area contributed by atoms with Crippen LogP contribution in [0.3, 0.4) is 0 Å². The smallest absolute Gasteiger partial charge is 0.224 e. The van der Waals surface area contributed by atoms with E-state index < -0.39 is 11.6 Å². The number of ether oxygens (including phenoxy) is 1. The lowest BCUT2D eigenvalue weighted by molar-refractivity contribution is -0.116. The van der Waals surface area contributed by atoms with Crippen LogP contribution in [-0.2, 0) is 11.2 Å². The van der Waals surface area contributed by atoms with Crippen LogP contribution < -0.4 is 10.1 Å². The number of nitrogens with one attached hydrogen (secondary N) is 1. The maximum Gasteiger partial charge on any atom is 0.224 e. The van der Waals surface area contributed by atoms with E-state index in [4.69, 9.17) is 4.74 Å². The van der Waals surface area contributed by atoms with E-state index in [1.54, 1.807) is 0 Å². The van der Waals surface area contributed by atoms with Crippen LogP contribution in [0.2, 0.25) is 0 Å². The summed E-state index contributed by atoms with van der Waals surface area (Å²) < 4.78 is 31.6. The van der Waals surface area contributed by atoms with Crippen LogP contribution in [0.15, 0.2) is 42.5 Å². The van der Waals surface area contributed by atoms with Gasteiger partial charge >= 0.3 is 0 Å². The number of carbonyl (C=O) groups excluding carboxylic acids is 1. The first-order valence-electron chi connectivity index (χ1n) is 7.05. The van der Waals surface area contributed by atoms with Gasteiger partial charge in [-0.3, -0.25) is 4.79 Å². The molecule has 0 heterocycles. The summed E-state index contributed by atoms with van der Waals surface area (Å²) in [6.07, 6.45) is 0.683. The third-order valence-electron chi connectivity index (χ3n) is 3.04. The van der Waals surface area contributed by atoms with Gasteiger partial charge in [-0.25, -0.2) is 8.78 Å². The fourth-order valence-corrected chi connectivity index (χ4v) is 2.10. The number of hydrogen-bond donors (Lipinski definition) is 1. The number of halogens is 2. The molecule has 0 saturated carbocycles. The molecule has 0 aromatic heterocycles. The van der Waals surface area contributed by atoms with E-state index in [1.807, 2.05) is 31.2 Å². The van der Waals surface area contributed by atoms with Crippen molar-refractivity contribution in [3.05, 3.63) is 59.7 Å². The summed E-state index contributed by atoms with van der Waals surface area (Å²) in [5.74, 6) is -1.01. The second-order valence-corrected chi connectivity index (χ2v) is 4.75. The molecule has 1 N–H and O–H groups in total. The first kappa shape index (κ1) is 15.9. The molecule has 0 aliphatic carbocycles. The Morgan fingerprint density at radius 3 is 2.50 bits per heavy atom. The van der Waals surface area contributed by atoms with E-state index in [-0.39, 0.29) is 18.0 Å². The molecule has 0 aliphatic heterocycles. The highest BCUT2D eigenvalue weighted by Gasteiger charge is 2.08. The lowest BCUT2D eigenvalue weighted by Crippen LogP contribution is -2.13. The van der Waals surface area contributed by atoms with Crippen molar-refractivity contribution in [1.82, 2.24) is 0 Å². The van der Waals surface area contributed by atoms with Gasteiger partial charge in [0.05, 0.1) is 6.61 Å². The lowest BCUT2D eigenvalue weighted by atomic mass is 10.1. The van der Waals surface area contributed by atoms with Crippen molar-refractivity contribution < 1.29 is 18.3 Å². The molecule has 2 rings (SSSR count). The van der Waals surface area contributed by atoms with E-state index >= 15 is 0 Å². The van der Waals surface area contributed by atoms with Crippen molar-refractivity contribution in [3.8, 4) is 5.75 Å². The third-order valence-corrected chi connectivity index (χ3v) is 3.04. The molecular formula is C17H17F2NO2. The van der Waals surface area contributed by atoms with E-state index in [9.17, 15) is 13.6 Å². The average Bonchev–Trinajstić information content (AvgIpc) is 2.45. The highest BCUT2D eigenvalue weighted by Crippen LogP contribution is 2.20. The lowest BCUT2D eigenvalue weighted by Gasteiger charge is -2.10. The van der Waals surface area contributed by atoms with E-state index in [0.29, 0.717) is 13.0 Å². The van der Waals surface area contributed by atoms with E-state index in [2.05, 4.69) is 5.32 Å². The average molecular weight is 305 g/mol. The molecule has 0 spiro atoms. The van der Waals surface area contributed by atoms with Crippen LogP contribution in [0.4, 0.5) is 14.5 Å². The molecule has 2 aromatic rings. The summed E-state index contributed by atoms with van der Waals surface area (Å²) in [5.41, 5.74) is 1.03. The Kier molecular flexibility index (Phi) is 5.47. The SMILES string of the molecule is CCOc1ccccc1CCC(=O)Nc1cc(F)cc(F)c1. The molecule has 3 nitrogen and oxygen atoms in total.